The summed E-state index contributed by atoms with van der Waals surface area (Å²) >= 11 is 0. The molecule has 0 bridgehead atoms. The molecule has 5 nitrogen and oxygen atoms in total. The predicted octanol–water partition coefficient (Wildman–Crippen LogP) is 3.32. The molecule has 3 amide bonds. The maximum Gasteiger partial charge on any atom is 0.324 e. The first-order chi connectivity index (χ1) is 12.6. The summed E-state index contributed by atoms with van der Waals surface area (Å²) in [5.41, 5.74) is 2.15. The van der Waals surface area contributed by atoms with Crippen LogP contribution in [0.3, 0.4) is 0 Å². The number of benzene rings is 2. The highest BCUT2D eigenvalue weighted by Gasteiger charge is 2.37. The second kappa shape index (κ2) is 8.63. The standard InChI is InChI=1S/C21H24N2O3/c1-16(18-11-6-3-7-12-18)26-14-8-13-23-20(24)19(22-21(23)25)15-17-9-4-2-5-10-17/h2-7,9-12,16,19H,8,13-15H2,1H3,(H,22,25). The van der Waals surface area contributed by atoms with Crippen LogP contribution >= 0.6 is 0 Å². The van der Waals surface area contributed by atoms with Gasteiger partial charge >= 0.3 is 6.03 Å². The zero-order chi connectivity index (χ0) is 18.4. The van der Waals surface area contributed by atoms with Gasteiger partial charge in [0.05, 0.1) is 6.10 Å². The Balaban J connectivity index is 1.45. The van der Waals surface area contributed by atoms with Crippen LogP contribution in [0.15, 0.2) is 60.7 Å². The summed E-state index contributed by atoms with van der Waals surface area (Å²) < 4.78 is 5.81. The molecule has 1 N–H and O–H groups in total. The van der Waals surface area contributed by atoms with Crippen molar-refractivity contribution in [2.45, 2.75) is 31.9 Å². The van der Waals surface area contributed by atoms with E-state index < -0.39 is 6.04 Å². The normalized spacial score (nSPS) is 18.0. The summed E-state index contributed by atoms with van der Waals surface area (Å²) in [6, 6.07) is 18.9. The van der Waals surface area contributed by atoms with Gasteiger partial charge < -0.3 is 10.1 Å². The molecule has 1 saturated heterocycles. The van der Waals surface area contributed by atoms with Crippen molar-refractivity contribution >= 4 is 11.9 Å². The van der Waals surface area contributed by atoms with Crippen molar-refractivity contribution in [2.24, 2.45) is 0 Å². The molecule has 1 fully saturated rings. The molecule has 2 atom stereocenters. The fourth-order valence-corrected chi connectivity index (χ4v) is 3.08. The number of nitrogens with zero attached hydrogens (tertiary/aromatic N) is 1. The highest BCUT2D eigenvalue weighted by molar-refractivity contribution is 6.04. The molecule has 0 aromatic heterocycles. The Morgan fingerprint density at radius 2 is 1.69 bits per heavy atom. The van der Waals surface area contributed by atoms with Gasteiger partial charge in [0.2, 0.25) is 0 Å². The average Bonchev–Trinajstić information content (AvgIpc) is 2.93. The van der Waals surface area contributed by atoms with E-state index in [9.17, 15) is 9.59 Å². The zero-order valence-electron chi connectivity index (χ0n) is 14.9. The number of carbonyl (C=O) groups is 2. The van der Waals surface area contributed by atoms with Crippen LogP contribution < -0.4 is 5.32 Å². The van der Waals surface area contributed by atoms with Crippen molar-refractivity contribution in [3.05, 3.63) is 71.8 Å². The molecular formula is C21H24N2O3. The van der Waals surface area contributed by atoms with E-state index in [1.54, 1.807) is 0 Å². The molecule has 3 rings (SSSR count). The van der Waals surface area contributed by atoms with Crippen LogP contribution in [0.1, 0.15) is 30.6 Å². The van der Waals surface area contributed by atoms with Crippen LogP contribution in [0.4, 0.5) is 4.79 Å². The summed E-state index contributed by atoms with van der Waals surface area (Å²) in [4.78, 5) is 25.9. The van der Waals surface area contributed by atoms with Crippen LogP contribution in [0.25, 0.3) is 0 Å². The number of hydrogen-bond donors (Lipinski definition) is 1. The van der Waals surface area contributed by atoms with E-state index in [0.717, 1.165) is 11.1 Å². The first-order valence-corrected chi connectivity index (χ1v) is 8.97. The van der Waals surface area contributed by atoms with Gasteiger partial charge in [-0.25, -0.2) is 4.79 Å². The van der Waals surface area contributed by atoms with Crippen molar-refractivity contribution < 1.29 is 14.3 Å². The molecule has 1 heterocycles. The Morgan fingerprint density at radius 3 is 2.38 bits per heavy atom. The summed E-state index contributed by atoms with van der Waals surface area (Å²) in [6.45, 7) is 2.87. The zero-order valence-corrected chi connectivity index (χ0v) is 14.9. The van der Waals surface area contributed by atoms with Crippen LogP contribution in [-0.4, -0.2) is 36.0 Å². The SMILES string of the molecule is CC(OCCCN1C(=O)NC(Cc2ccccc2)C1=O)c1ccccc1. The van der Waals surface area contributed by atoms with Crippen LogP contribution in [0, 0.1) is 0 Å². The molecule has 1 aliphatic heterocycles. The maximum atomic E-state index is 12.5. The Hall–Kier alpha value is -2.66. The van der Waals surface area contributed by atoms with Gasteiger partial charge in [-0.05, 0) is 24.5 Å². The minimum atomic E-state index is -0.478. The lowest BCUT2D eigenvalue weighted by Crippen LogP contribution is -2.33. The summed E-state index contributed by atoms with van der Waals surface area (Å²) in [7, 11) is 0. The van der Waals surface area contributed by atoms with Gasteiger partial charge in [-0.3, -0.25) is 9.69 Å². The van der Waals surface area contributed by atoms with E-state index in [2.05, 4.69) is 5.32 Å². The quantitative estimate of drug-likeness (QED) is 0.586. The van der Waals surface area contributed by atoms with Crippen molar-refractivity contribution in [1.29, 1.82) is 0 Å². The lowest BCUT2D eigenvalue weighted by molar-refractivity contribution is -0.127. The number of ether oxygens (including phenoxy) is 1. The van der Waals surface area contributed by atoms with Crippen molar-refractivity contribution in [3.63, 3.8) is 0 Å². The van der Waals surface area contributed by atoms with E-state index in [-0.39, 0.29) is 18.0 Å². The second-order valence-corrected chi connectivity index (χ2v) is 6.46. The van der Waals surface area contributed by atoms with E-state index in [1.807, 2.05) is 67.6 Å². The van der Waals surface area contributed by atoms with Crippen molar-refractivity contribution in [3.8, 4) is 0 Å². The lowest BCUT2D eigenvalue weighted by atomic mass is 10.1. The van der Waals surface area contributed by atoms with E-state index in [0.29, 0.717) is 26.0 Å². The largest absolute Gasteiger partial charge is 0.374 e. The van der Waals surface area contributed by atoms with Gasteiger partial charge in [-0.2, -0.15) is 0 Å². The van der Waals surface area contributed by atoms with Crippen molar-refractivity contribution in [2.75, 3.05) is 13.2 Å². The number of amides is 3. The highest BCUT2D eigenvalue weighted by atomic mass is 16.5. The maximum absolute atomic E-state index is 12.5. The Kier molecular flexibility index (Phi) is 6.02. The average molecular weight is 352 g/mol. The number of imide groups is 1. The molecule has 2 aromatic rings. The molecule has 0 aliphatic carbocycles. The second-order valence-electron chi connectivity index (χ2n) is 6.46. The molecule has 2 unspecified atom stereocenters. The molecule has 26 heavy (non-hydrogen) atoms. The van der Waals surface area contributed by atoms with Gasteiger partial charge in [0.15, 0.2) is 0 Å². The molecule has 2 aromatic carbocycles. The Bertz CT molecular complexity index is 733. The molecule has 0 spiro atoms. The minimum absolute atomic E-state index is 0.00913. The third-order valence-corrected chi connectivity index (χ3v) is 4.55. The Morgan fingerprint density at radius 1 is 1.04 bits per heavy atom. The van der Waals surface area contributed by atoms with Gasteiger partial charge in [0.25, 0.3) is 5.91 Å². The number of hydrogen-bond acceptors (Lipinski definition) is 3. The third-order valence-electron chi connectivity index (χ3n) is 4.55. The first-order valence-electron chi connectivity index (χ1n) is 8.97. The molecule has 0 radical (unpaired) electrons. The molecule has 0 saturated carbocycles. The number of rotatable bonds is 8. The summed E-state index contributed by atoms with van der Waals surface area (Å²) in [5.74, 6) is -0.157. The smallest absolute Gasteiger partial charge is 0.324 e. The van der Waals surface area contributed by atoms with Crippen LogP contribution in [-0.2, 0) is 16.0 Å². The molecule has 1 aliphatic rings. The third kappa shape index (κ3) is 4.49. The fourth-order valence-electron chi connectivity index (χ4n) is 3.08. The molecule has 136 valence electrons. The molecular weight excluding hydrogens is 328 g/mol. The van der Waals surface area contributed by atoms with Gasteiger partial charge in [-0.15, -0.1) is 0 Å². The van der Waals surface area contributed by atoms with E-state index >= 15 is 0 Å². The van der Waals surface area contributed by atoms with E-state index in [1.165, 1.54) is 4.90 Å². The Labute approximate surface area is 154 Å². The number of nitrogens with one attached hydrogen (secondary N) is 1. The van der Waals surface area contributed by atoms with E-state index in [4.69, 9.17) is 4.74 Å². The van der Waals surface area contributed by atoms with Gasteiger partial charge in [0.1, 0.15) is 6.04 Å². The van der Waals surface area contributed by atoms with Crippen LogP contribution in [0.2, 0.25) is 0 Å². The number of carbonyl (C=O) groups excluding carboxylic acids is 2. The van der Waals surface area contributed by atoms with Gasteiger partial charge in [-0.1, -0.05) is 60.7 Å². The highest BCUT2D eigenvalue weighted by Crippen LogP contribution is 2.17. The topological polar surface area (TPSA) is 58.6 Å². The predicted molar refractivity (Wildman–Crippen MR) is 99.6 cm³/mol. The van der Waals surface area contributed by atoms with Gasteiger partial charge in [0, 0.05) is 19.6 Å². The molecule has 5 heteroatoms. The minimum Gasteiger partial charge on any atom is -0.374 e. The number of urea groups is 1. The summed E-state index contributed by atoms with van der Waals surface area (Å²) in [5, 5.41) is 2.77. The summed E-state index contributed by atoms with van der Waals surface area (Å²) in [6.07, 6.45) is 1.13. The fraction of sp³-hybridized carbons (Fsp3) is 0.333. The first kappa shape index (κ1) is 18.1. The lowest BCUT2D eigenvalue weighted by Gasteiger charge is -2.16. The monoisotopic (exact) mass is 352 g/mol. The van der Waals surface area contributed by atoms with Crippen molar-refractivity contribution in [1.82, 2.24) is 10.2 Å². The van der Waals surface area contributed by atoms with Crippen LogP contribution in [0.5, 0.6) is 0 Å².